The zero-order valence-corrected chi connectivity index (χ0v) is 14.2. The van der Waals surface area contributed by atoms with Crippen LogP contribution in [0.2, 0.25) is 0 Å². The molecule has 2 rings (SSSR count). The fourth-order valence-electron chi connectivity index (χ4n) is 2.56. The van der Waals surface area contributed by atoms with Gasteiger partial charge in [0.25, 0.3) is 0 Å². The number of hydrogen-bond acceptors (Lipinski definition) is 4. The summed E-state index contributed by atoms with van der Waals surface area (Å²) >= 11 is 0. The molecule has 0 aromatic heterocycles. The second-order valence-corrected chi connectivity index (χ2v) is 8.16. The third kappa shape index (κ3) is 4.31. The Morgan fingerprint density at radius 3 is 2.70 bits per heavy atom. The number of hydrogen-bond donors (Lipinski definition) is 1. The highest BCUT2D eigenvalue weighted by Gasteiger charge is 2.24. The average molecular weight is 338 g/mol. The van der Waals surface area contributed by atoms with Crippen LogP contribution in [-0.4, -0.2) is 44.8 Å². The molecule has 0 fully saturated rings. The van der Waals surface area contributed by atoms with E-state index in [1.807, 2.05) is 24.3 Å². The molecule has 0 aliphatic carbocycles. The predicted octanol–water partition coefficient (Wildman–Crippen LogP) is 0.905. The molecule has 0 unspecified atom stereocenters. The van der Waals surface area contributed by atoms with Crippen molar-refractivity contribution in [2.75, 3.05) is 24.2 Å². The maximum atomic E-state index is 12.4. The van der Waals surface area contributed by atoms with Gasteiger partial charge in [-0.1, -0.05) is 18.2 Å². The Kier molecular flexibility index (Phi) is 5.41. The molecule has 1 aliphatic rings. The fraction of sp³-hybridized carbons (Fsp3) is 0.500. The van der Waals surface area contributed by atoms with Gasteiger partial charge in [-0.05, 0) is 31.4 Å². The van der Waals surface area contributed by atoms with Gasteiger partial charge in [0.2, 0.25) is 11.8 Å². The van der Waals surface area contributed by atoms with E-state index in [1.165, 1.54) is 6.92 Å². The molecule has 1 heterocycles. The van der Waals surface area contributed by atoms with Crippen molar-refractivity contribution >= 4 is 27.3 Å². The first-order valence-corrected chi connectivity index (χ1v) is 9.61. The maximum Gasteiger partial charge on any atom is 0.238 e. The van der Waals surface area contributed by atoms with Gasteiger partial charge in [-0.25, -0.2) is 8.42 Å². The summed E-state index contributed by atoms with van der Waals surface area (Å²) in [6.45, 7) is 2.15. The molecule has 126 valence electrons. The van der Waals surface area contributed by atoms with Gasteiger partial charge in [-0.15, -0.1) is 0 Å². The number of amides is 2. The van der Waals surface area contributed by atoms with Crippen molar-refractivity contribution < 1.29 is 18.0 Å². The molecule has 2 amide bonds. The lowest BCUT2D eigenvalue weighted by molar-refractivity contribution is -0.121. The molecule has 1 atom stereocenters. The van der Waals surface area contributed by atoms with Crippen LogP contribution >= 0.6 is 0 Å². The molecule has 23 heavy (non-hydrogen) atoms. The lowest BCUT2D eigenvalue weighted by Gasteiger charge is -2.29. The number of para-hydroxylation sites is 1. The summed E-state index contributed by atoms with van der Waals surface area (Å²) in [7, 11) is -3.42. The fourth-order valence-corrected chi connectivity index (χ4v) is 3.03. The molecule has 0 saturated carbocycles. The summed E-state index contributed by atoms with van der Waals surface area (Å²) in [5.74, 6) is -0.635. The van der Waals surface area contributed by atoms with Crippen LogP contribution in [0.4, 0.5) is 5.69 Å². The van der Waals surface area contributed by atoms with Gasteiger partial charge < -0.3 is 10.2 Å². The maximum absolute atomic E-state index is 12.4. The third-order valence-corrected chi connectivity index (χ3v) is 5.56. The number of sulfone groups is 1. The monoisotopic (exact) mass is 338 g/mol. The number of nitrogens with zero attached hydrogens (tertiary/aromatic N) is 1. The van der Waals surface area contributed by atoms with Crippen molar-refractivity contribution in [1.82, 2.24) is 5.32 Å². The molecular weight excluding hydrogens is 316 g/mol. The van der Waals surface area contributed by atoms with E-state index in [1.54, 1.807) is 4.90 Å². The van der Waals surface area contributed by atoms with Crippen LogP contribution in [0.3, 0.4) is 0 Å². The van der Waals surface area contributed by atoms with Gasteiger partial charge in [0, 0.05) is 31.5 Å². The van der Waals surface area contributed by atoms with Crippen LogP contribution in [0.1, 0.15) is 25.3 Å². The van der Waals surface area contributed by atoms with Gasteiger partial charge in [0.1, 0.15) is 5.25 Å². The number of aryl methyl sites for hydroxylation is 1. The van der Waals surface area contributed by atoms with Gasteiger partial charge >= 0.3 is 0 Å². The highest BCUT2D eigenvalue weighted by Crippen LogP contribution is 2.26. The summed E-state index contributed by atoms with van der Waals surface area (Å²) in [6.07, 6.45) is 3.05. The summed E-state index contributed by atoms with van der Waals surface area (Å²) < 4.78 is 22.6. The average Bonchev–Trinajstić information content (AvgIpc) is 2.52. The quantitative estimate of drug-likeness (QED) is 0.865. The van der Waals surface area contributed by atoms with E-state index in [9.17, 15) is 18.0 Å². The lowest BCUT2D eigenvalue weighted by Crippen LogP contribution is -2.41. The SMILES string of the molecule is C[C@H](C(=O)NCCC(=O)N1CCCc2ccccc21)S(C)(=O)=O. The first-order valence-electron chi connectivity index (χ1n) is 7.65. The van der Waals surface area contributed by atoms with Crippen LogP contribution in [0.25, 0.3) is 0 Å². The Labute approximate surface area is 136 Å². The minimum absolute atomic E-state index is 0.0653. The largest absolute Gasteiger partial charge is 0.354 e. The molecule has 0 saturated heterocycles. The lowest BCUT2D eigenvalue weighted by atomic mass is 10.0. The zero-order chi connectivity index (χ0) is 17.0. The Morgan fingerprint density at radius 1 is 1.30 bits per heavy atom. The van der Waals surface area contributed by atoms with Crippen LogP contribution in [-0.2, 0) is 25.8 Å². The Bertz CT molecular complexity index is 700. The molecule has 1 aromatic carbocycles. The van der Waals surface area contributed by atoms with E-state index >= 15 is 0 Å². The normalized spacial score (nSPS) is 15.7. The van der Waals surface area contributed by atoms with E-state index in [0.717, 1.165) is 30.3 Å². The molecule has 1 N–H and O–H groups in total. The van der Waals surface area contributed by atoms with Gasteiger partial charge in [-0.3, -0.25) is 9.59 Å². The Morgan fingerprint density at radius 2 is 2.00 bits per heavy atom. The van der Waals surface area contributed by atoms with Gasteiger partial charge in [0.15, 0.2) is 9.84 Å². The molecule has 0 bridgehead atoms. The van der Waals surface area contributed by atoms with Crippen LogP contribution in [0.5, 0.6) is 0 Å². The van der Waals surface area contributed by atoms with Gasteiger partial charge in [0.05, 0.1) is 0 Å². The second kappa shape index (κ2) is 7.12. The van der Waals surface area contributed by atoms with E-state index in [0.29, 0.717) is 6.54 Å². The van der Waals surface area contributed by atoms with Crippen molar-refractivity contribution in [3.8, 4) is 0 Å². The summed E-state index contributed by atoms with van der Waals surface area (Å²) in [6, 6.07) is 7.81. The molecule has 6 nitrogen and oxygen atoms in total. The number of nitrogens with one attached hydrogen (secondary N) is 1. The number of carbonyl (C=O) groups excluding carboxylic acids is 2. The molecule has 0 spiro atoms. The van der Waals surface area contributed by atoms with Crippen LogP contribution < -0.4 is 10.2 Å². The first kappa shape index (κ1) is 17.5. The van der Waals surface area contributed by atoms with E-state index in [2.05, 4.69) is 5.32 Å². The molecule has 1 aromatic rings. The van der Waals surface area contributed by atoms with E-state index in [-0.39, 0.29) is 18.9 Å². The van der Waals surface area contributed by atoms with Crippen LogP contribution in [0, 0.1) is 0 Å². The first-order chi connectivity index (χ1) is 10.8. The minimum Gasteiger partial charge on any atom is -0.354 e. The number of carbonyl (C=O) groups is 2. The zero-order valence-electron chi connectivity index (χ0n) is 13.4. The van der Waals surface area contributed by atoms with E-state index in [4.69, 9.17) is 0 Å². The van der Waals surface area contributed by atoms with Crippen molar-refractivity contribution in [2.45, 2.75) is 31.4 Å². The number of benzene rings is 1. The number of fused-ring (bicyclic) bond motifs is 1. The Balaban J connectivity index is 1.90. The summed E-state index contributed by atoms with van der Waals surface area (Å²) in [4.78, 5) is 25.8. The van der Waals surface area contributed by atoms with E-state index < -0.39 is 21.0 Å². The smallest absolute Gasteiger partial charge is 0.238 e. The molecule has 1 aliphatic heterocycles. The van der Waals surface area contributed by atoms with Crippen LogP contribution in [0.15, 0.2) is 24.3 Å². The van der Waals surface area contributed by atoms with Crippen molar-refractivity contribution in [1.29, 1.82) is 0 Å². The minimum atomic E-state index is -3.42. The number of rotatable bonds is 5. The van der Waals surface area contributed by atoms with Gasteiger partial charge in [-0.2, -0.15) is 0 Å². The van der Waals surface area contributed by atoms with Crippen molar-refractivity contribution in [3.05, 3.63) is 29.8 Å². The summed E-state index contributed by atoms with van der Waals surface area (Å²) in [5.41, 5.74) is 2.08. The predicted molar refractivity (Wildman–Crippen MR) is 89.0 cm³/mol. The highest BCUT2D eigenvalue weighted by atomic mass is 32.2. The highest BCUT2D eigenvalue weighted by molar-refractivity contribution is 7.92. The third-order valence-electron chi connectivity index (χ3n) is 4.06. The Hall–Kier alpha value is -1.89. The molecular formula is C16H22N2O4S. The second-order valence-electron chi connectivity index (χ2n) is 5.79. The standard InChI is InChI=1S/C16H22N2O4S/c1-12(23(2,21)22)16(20)17-10-9-15(19)18-11-5-7-13-6-3-4-8-14(13)18/h3-4,6,8,12H,5,7,9-11H2,1-2H3,(H,17,20)/t12-/m1/s1. The molecule has 7 heteroatoms. The van der Waals surface area contributed by atoms with Crippen molar-refractivity contribution in [3.63, 3.8) is 0 Å². The number of anilines is 1. The molecule has 0 radical (unpaired) electrons. The summed E-state index contributed by atoms with van der Waals surface area (Å²) in [5, 5.41) is 1.41. The van der Waals surface area contributed by atoms with Crippen molar-refractivity contribution in [2.24, 2.45) is 0 Å². The topological polar surface area (TPSA) is 83.6 Å².